The molecule has 0 unspecified atom stereocenters. The second kappa shape index (κ2) is 8.01. The van der Waals surface area contributed by atoms with Crippen LogP contribution in [0.5, 0.6) is 0 Å². The largest absolute Gasteiger partial charge is 0.337 e. The molecule has 1 fully saturated rings. The first-order chi connectivity index (χ1) is 14.7. The minimum atomic E-state index is -0.0198. The summed E-state index contributed by atoms with van der Waals surface area (Å²) in [4.78, 5) is 28.1. The monoisotopic (exact) mass is 430 g/mol. The van der Waals surface area contributed by atoms with Crippen LogP contribution >= 0.6 is 23.5 Å². The lowest BCUT2D eigenvalue weighted by molar-refractivity contribution is -0.122. The van der Waals surface area contributed by atoms with E-state index >= 15 is 0 Å². The molecule has 2 aliphatic heterocycles. The fraction of sp³-hybridized carbons (Fsp3) is 0.0870. The van der Waals surface area contributed by atoms with E-state index in [-0.39, 0.29) is 5.91 Å². The number of anilines is 1. The number of rotatable bonds is 3. The summed E-state index contributed by atoms with van der Waals surface area (Å²) < 4.78 is 0. The van der Waals surface area contributed by atoms with E-state index < -0.39 is 0 Å². The molecule has 1 aromatic heterocycles. The van der Waals surface area contributed by atoms with Crippen molar-refractivity contribution in [3.63, 3.8) is 0 Å². The Balaban J connectivity index is 1.55. The first kappa shape index (κ1) is 19.0. The number of carbonyl (C=O) groups is 1. The molecule has 3 heterocycles. The quantitative estimate of drug-likeness (QED) is 0.531. The Kier molecular flexibility index (Phi) is 5.06. The lowest BCUT2D eigenvalue weighted by Crippen LogP contribution is -2.29. The zero-order valence-electron chi connectivity index (χ0n) is 16.2. The van der Waals surface area contributed by atoms with Gasteiger partial charge in [0, 0.05) is 18.1 Å². The normalized spacial score (nSPS) is 19.6. The molecular formula is C23H18N4OS2. The maximum atomic E-state index is 13.5. The third-order valence-electron chi connectivity index (χ3n) is 4.85. The number of aliphatic imine (C=N–C) groups is 1. The molecular weight excluding hydrogens is 412 g/mol. The Bertz CT molecular complexity index is 1160. The van der Waals surface area contributed by atoms with Crippen molar-refractivity contribution in [1.82, 2.24) is 9.88 Å². The van der Waals surface area contributed by atoms with Gasteiger partial charge in [-0.1, -0.05) is 54.2 Å². The topological polar surface area (TPSA) is 48.8 Å². The molecule has 1 amide bonds. The lowest BCUT2D eigenvalue weighted by atomic mass is 10.2. The number of nitrogens with zero attached hydrogens (tertiary/aromatic N) is 4. The van der Waals surface area contributed by atoms with Crippen molar-refractivity contribution in [2.75, 3.05) is 11.9 Å². The van der Waals surface area contributed by atoms with Crippen LogP contribution in [0.3, 0.4) is 0 Å². The third-order valence-corrected chi connectivity index (χ3v) is 7.28. The summed E-state index contributed by atoms with van der Waals surface area (Å²) in [5.74, 6) is -0.0198. The summed E-state index contributed by atoms with van der Waals surface area (Å²) in [6, 6.07) is 21.9. The second-order valence-electron chi connectivity index (χ2n) is 6.85. The van der Waals surface area contributed by atoms with Crippen molar-refractivity contribution in [3.8, 4) is 0 Å². The fourth-order valence-electron chi connectivity index (χ4n) is 3.35. The van der Waals surface area contributed by atoms with E-state index in [1.165, 1.54) is 11.8 Å². The molecule has 0 radical (unpaired) electrons. The number of hydrogen-bond donors (Lipinski definition) is 0. The zero-order chi connectivity index (χ0) is 20.5. The first-order valence-electron chi connectivity index (χ1n) is 9.48. The third kappa shape index (κ3) is 3.51. The van der Waals surface area contributed by atoms with Crippen LogP contribution in [0.15, 0.2) is 98.9 Å². The van der Waals surface area contributed by atoms with Crippen molar-refractivity contribution >= 4 is 46.0 Å². The summed E-state index contributed by atoms with van der Waals surface area (Å²) in [6.07, 6.45) is 3.42. The number of thioether (sulfide) groups is 2. The zero-order valence-corrected chi connectivity index (χ0v) is 17.9. The SMILES string of the molecule is CN1C(=C2SC(=Nc3cccnc3)N(Cc3ccccc3)C2=O)Sc2ccccc21. The Hall–Kier alpha value is -3.03. The summed E-state index contributed by atoms with van der Waals surface area (Å²) in [5, 5.41) is 1.62. The highest BCUT2D eigenvalue weighted by molar-refractivity contribution is 8.19. The number of para-hydroxylation sites is 1. The molecule has 0 aliphatic carbocycles. The van der Waals surface area contributed by atoms with Gasteiger partial charge in [-0.2, -0.15) is 0 Å². The molecule has 0 spiro atoms. The lowest BCUT2D eigenvalue weighted by Gasteiger charge is -2.16. The number of amides is 1. The van der Waals surface area contributed by atoms with Gasteiger partial charge in [-0.3, -0.25) is 14.7 Å². The van der Waals surface area contributed by atoms with E-state index in [4.69, 9.17) is 4.99 Å². The number of aromatic nitrogens is 1. The molecule has 2 aromatic carbocycles. The van der Waals surface area contributed by atoms with Gasteiger partial charge in [-0.25, -0.2) is 4.99 Å². The van der Waals surface area contributed by atoms with Crippen molar-refractivity contribution in [2.45, 2.75) is 11.4 Å². The van der Waals surface area contributed by atoms with Gasteiger partial charge in [0.05, 0.1) is 29.1 Å². The van der Waals surface area contributed by atoms with Gasteiger partial charge in [0.15, 0.2) is 5.17 Å². The van der Waals surface area contributed by atoms with Crippen molar-refractivity contribution in [1.29, 1.82) is 0 Å². The summed E-state index contributed by atoms with van der Waals surface area (Å²) in [6.45, 7) is 0.476. The van der Waals surface area contributed by atoms with Crippen molar-refractivity contribution < 1.29 is 4.79 Å². The number of hydrogen-bond acceptors (Lipinski definition) is 6. The van der Waals surface area contributed by atoms with E-state index in [1.807, 2.05) is 61.6 Å². The average molecular weight is 431 g/mol. The highest BCUT2D eigenvalue weighted by atomic mass is 32.2. The van der Waals surface area contributed by atoms with Crippen LogP contribution in [0.25, 0.3) is 0 Å². The molecule has 3 aromatic rings. The molecule has 5 nitrogen and oxygen atoms in total. The standard InChI is InChI=1S/C23H18N4OS2/c1-26-18-11-5-6-12-19(18)29-22(26)20-21(28)27(15-16-8-3-2-4-9-16)23(30-20)25-17-10-7-13-24-14-17/h2-14H,15H2,1H3. The van der Waals surface area contributed by atoms with Crippen molar-refractivity contribution in [2.24, 2.45) is 4.99 Å². The highest BCUT2D eigenvalue weighted by Gasteiger charge is 2.39. The minimum absolute atomic E-state index is 0.0198. The van der Waals surface area contributed by atoms with Gasteiger partial charge in [0.1, 0.15) is 4.91 Å². The van der Waals surface area contributed by atoms with Crippen LogP contribution < -0.4 is 4.90 Å². The molecule has 2 aliphatic rings. The van der Waals surface area contributed by atoms with E-state index in [0.717, 1.165) is 26.9 Å². The molecule has 30 heavy (non-hydrogen) atoms. The highest BCUT2D eigenvalue weighted by Crippen LogP contribution is 2.50. The predicted molar refractivity (Wildman–Crippen MR) is 124 cm³/mol. The number of pyridine rings is 1. The first-order valence-corrected chi connectivity index (χ1v) is 11.1. The molecule has 1 saturated heterocycles. The Morgan fingerprint density at radius 3 is 2.53 bits per heavy atom. The number of carbonyl (C=O) groups excluding carboxylic acids is 1. The smallest absolute Gasteiger partial charge is 0.269 e. The van der Waals surface area contributed by atoms with Crippen molar-refractivity contribution in [3.05, 3.63) is 94.6 Å². The van der Waals surface area contributed by atoms with Crippen LogP contribution in [-0.4, -0.2) is 28.0 Å². The molecule has 0 atom stereocenters. The number of amidine groups is 1. The van der Waals surface area contributed by atoms with Crippen LogP contribution in [0, 0.1) is 0 Å². The van der Waals surface area contributed by atoms with Crippen LogP contribution in [0.4, 0.5) is 11.4 Å². The Morgan fingerprint density at radius 2 is 1.77 bits per heavy atom. The molecule has 0 saturated carbocycles. The van der Waals surface area contributed by atoms with Gasteiger partial charge < -0.3 is 4.90 Å². The molecule has 0 N–H and O–H groups in total. The average Bonchev–Trinajstić information content (AvgIpc) is 3.27. The Morgan fingerprint density at radius 1 is 0.967 bits per heavy atom. The summed E-state index contributed by atoms with van der Waals surface area (Å²) in [7, 11) is 2.01. The second-order valence-corrected chi connectivity index (χ2v) is 8.86. The van der Waals surface area contributed by atoms with E-state index in [1.54, 1.807) is 29.1 Å². The molecule has 0 bridgehead atoms. The van der Waals surface area contributed by atoms with Gasteiger partial charge in [-0.15, -0.1) is 0 Å². The van der Waals surface area contributed by atoms with Crippen LogP contribution in [-0.2, 0) is 11.3 Å². The predicted octanol–water partition coefficient (Wildman–Crippen LogP) is 5.26. The van der Waals surface area contributed by atoms with Gasteiger partial charge in [0.25, 0.3) is 5.91 Å². The van der Waals surface area contributed by atoms with E-state index in [9.17, 15) is 4.79 Å². The number of benzene rings is 2. The van der Waals surface area contributed by atoms with Crippen LogP contribution in [0.1, 0.15) is 5.56 Å². The van der Waals surface area contributed by atoms with Crippen LogP contribution in [0.2, 0.25) is 0 Å². The van der Waals surface area contributed by atoms with Gasteiger partial charge in [0.2, 0.25) is 0 Å². The molecule has 7 heteroatoms. The minimum Gasteiger partial charge on any atom is -0.337 e. The summed E-state index contributed by atoms with van der Waals surface area (Å²) >= 11 is 3.06. The van der Waals surface area contributed by atoms with E-state index in [0.29, 0.717) is 16.6 Å². The molecule has 5 rings (SSSR count). The number of fused-ring (bicyclic) bond motifs is 1. The van der Waals surface area contributed by atoms with Gasteiger partial charge in [-0.05, 0) is 41.6 Å². The van der Waals surface area contributed by atoms with E-state index in [2.05, 4.69) is 22.0 Å². The molecule has 148 valence electrons. The maximum Gasteiger partial charge on any atom is 0.269 e. The maximum absolute atomic E-state index is 13.5. The summed E-state index contributed by atoms with van der Waals surface area (Å²) in [5.41, 5.74) is 2.91. The Labute approximate surface area is 183 Å². The fourth-order valence-corrected chi connectivity index (χ4v) is 5.70. The van der Waals surface area contributed by atoms with Gasteiger partial charge >= 0.3 is 0 Å².